The summed E-state index contributed by atoms with van der Waals surface area (Å²) in [6.07, 6.45) is 3.62. The van der Waals surface area contributed by atoms with Crippen LogP contribution in [0.5, 0.6) is 0 Å². The topological polar surface area (TPSA) is 54.4 Å². The molecule has 0 saturated heterocycles. The molecule has 0 atom stereocenters. The molecule has 4 nitrogen and oxygen atoms in total. The second kappa shape index (κ2) is 4.16. The fraction of sp³-hybridized carbons (Fsp3) is 0. The quantitative estimate of drug-likeness (QED) is 0.378. The van der Waals surface area contributed by atoms with E-state index in [-0.39, 0.29) is 0 Å². The number of nitrogens with zero attached hydrogens (tertiary/aromatic N) is 2. The van der Waals surface area contributed by atoms with Crippen molar-refractivity contribution in [1.82, 2.24) is 10.4 Å². The van der Waals surface area contributed by atoms with Crippen LogP contribution in [0.3, 0.4) is 0 Å². The minimum atomic E-state index is 0.499. The Morgan fingerprint density at radius 1 is 1.55 bits per heavy atom. The van der Waals surface area contributed by atoms with E-state index in [0.29, 0.717) is 12.1 Å². The average molecular weight is 149 g/mol. The van der Waals surface area contributed by atoms with E-state index < -0.39 is 0 Å². The van der Waals surface area contributed by atoms with Gasteiger partial charge in [0.1, 0.15) is 0 Å². The van der Waals surface area contributed by atoms with Gasteiger partial charge in [0.2, 0.25) is 6.41 Å². The van der Waals surface area contributed by atoms with Crippen LogP contribution in [0.25, 0.3) is 0 Å². The minimum Gasteiger partial charge on any atom is -0.277 e. The van der Waals surface area contributed by atoms with Gasteiger partial charge in [-0.3, -0.25) is 9.78 Å². The zero-order valence-electron chi connectivity index (χ0n) is 5.77. The van der Waals surface area contributed by atoms with Gasteiger partial charge in [0.15, 0.2) is 0 Å². The molecule has 11 heavy (non-hydrogen) atoms. The summed E-state index contributed by atoms with van der Waals surface area (Å²) in [5, 5.41) is 3.55. The highest BCUT2D eigenvalue weighted by Gasteiger charge is 1.82. The molecule has 1 aromatic heterocycles. The summed E-state index contributed by atoms with van der Waals surface area (Å²) in [6, 6.07) is 5.44. The highest BCUT2D eigenvalue weighted by Crippen LogP contribution is 1.86. The maximum atomic E-state index is 9.75. The summed E-state index contributed by atoms with van der Waals surface area (Å²) < 4.78 is 0. The van der Waals surface area contributed by atoms with Crippen LogP contribution in [0.15, 0.2) is 29.5 Å². The molecule has 0 fully saturated rings. The Bertz CT molecular complexity index is 245. The van der Waals surface area contributed by atoms with E-state index in [2.05, 4.69) is 15.5 Å². The number of pyridine rings is 1. The summed E-state index contributed by atoms with van der Waals surface area (Å²) >= 11 is 0. The number of amides is 1. The molecule has 1 amide bonds. The van der Waals surface area contributed by atoms with Crippen LogP contribution >= 0.6 is 0 Å². The van der Waals surface area contributed by atoms with Crippen LogP contribution in [-0.2, 0) is 4.79 Å². The van der Waals surface area contributed by atoms with Crippen molar-refractivity contribution in [3.63, 3.8) is 0 Å². The van der Waals surface area contributed by atoms with Crippen molar-refractivity contribution >= 4 is 12.6 Å². The number of carbonyl (C=O) groups is 1. The molecule has 0 spiro atoms. The van der Waals surface area contributed by atoms with Crippen molar-refractivity contribution in [3.05, 3.63) is 30.1 Å². The lowest BCUT2D eigenvalue weighted by molar-refractivity contribution is -0.109. The van der Waals surface area contributed by atoms with Gasteiger partial charge < -0.3 is 0 Å². The molecular weight excluding hydrogens is 142 g/mol. The van der Waals surface area contributed by atoms with E-state index in [9.17, 15) is 4.79 Å². The first kappa shape index (κ1) is 7.40. The van der Waals surface area contributed by atoms with E-state index in [1.807, 2.05) is 12.1 Å². The SMILES string of the molecule is O=CN/N=C/c1ccccn1. The summed E-state index contributed by atoms with van der Waals surface area (Å²) in [7, 11) is 0. The highest BCUT2D eigenvalue weighted by atomic mass is 16.1. The summed E-state index contributed by atoms with van der Waals surface area (Å²) in [5.74, 6) is 0. The highest BCUT2D eigenvalue weighted by molar-refractivity contribution is 5.77. The largest absolute Gasteiger partial charge is 0.277 e. The number of carbonyl (C=O) groups excluding carboxylic acids is 1. The smallest absolute Gasteiger partial charge is 0.227 e. The number of aromatic nitrogens is 1. The van der Waals surface area contributed by atoms with Crippen molar-refractivity contribution in [2.75, 3.05) is 0 Å². The molecule has 1 rings (SSSR count). The molecule has 0 aromatic carbocycles. The molecule has 0 radical (unpaired) electrons. The Labute approximate surface area is 64.0 Å². The Morgan fingerprint density at radius 3 is 3.09 bits per heavy atom. The van der Waals surface area contributed by atoms with Crippen LogP contribution in [0, 0.1) is 0 Å². The van der Waals surface area contributed by atoms with Crippen LogP contribution in [-0.4, -0.2) is 17.6 Å². The van der Waals surface area contributed by atoms with Gasteiger partial charge in [0, 0.05) is 6.20 Å². The lowest BCUT2D eigenvalue weighted by Crippen LogP contribution is -2.00. The number of hydrogen-bond acceptors (Lipinski definition) is 3. The fourth-order valence-electron chi connectivity index (χ4n) is 0.586. The number of rotatable bonds is 3. The van der Waals surface area contributed by atoms with Crippen molar-refractivity contribution < 1.29 is 4.79 Å². The van der Waals surface area contributed by atoms with E-state index in [1.165, 1.54) is 6.21 Å². The van der Waals surface area contributed by atoms with Gasteiger partial charge in [-0.1, -0.05) is 6.07 Å². The van der Waals surface area contributed by atoms with E-state index in [1.54, 1.807) is 12.3 Å². The van der Waals surface area contributed by atoms with Crippen molar-refractivity contribution in [2.24, 2.45) is 5.10 Å². The molecule has 1 N–H and O–H groups in total. The standard InChI is InChI=1S/C7H7N3O/c11-6-10-9-5-7-3-1-2-4-8-7/h1-6H,(H,10,11)/b9-5+. The van der Waals surface area contributed by atoms with Gasteiger partial charge >= 0.3 is 0 Å². The number of hydrazone groups is 1. The van der Waals surface area contributed by atoms with Gasteiger partial charge in [-0.05, 0) is 12.1 Å². The maximum Gasteiger partial charge on any atom is 0.227 e. The first-order valence-corrected chi connectivity index (χ1v) is 3.07. The Morgan fingerprint density at radius 2 is 2.45 bits per heavy atom. The predicted molar refractivity (Wildman–Crippen MR) is 41.0 cm³/mol. The molecular formula is C7H7N3O. The van der Waals surface area contributed by atoms with E-state index in [0.717, 1.165) is 0 Å². The van der Waals surface area contributed by atoms with Crippen LogP contribution < -0.4 is 5.43 Å². The van der Waals surface area contributed by atoms with Crippen molar-refractivity contribution in [2.45, 2.75) is 0 Å². The van der Waals surface area contributed by atoms with Gasteiger partial charge in [0.25, 0.3) is 0 Å². The van der Waals surface area contributed by atoms with Crippen LogP contribution in [0.2, 0.25) is 0 Å². The second-order valence-electron chi connectivity index (χ2n) is 1.76. The Balaban J connectivity index is 2.57. The predicted octanol–water partition coefficient (Wildman–Crippen LogP) is 0.161. The summed E-state index contributed by atoms with van der Waals surface area (Å²) in [4.78, 5) is 13.7. The van der Waals surface area contributed by atoms with Crippen LogP contribution in [0.4, 0.5) is 0 Å². The third-order valence-electron chi connectivity index (χ3n) is 1.01. The number of nitrogens with one attached hydrogen (secondary N) is 1. The first-order chi connectivity index (χ1) is 5.43. The fourth-order valence-corrected chi connectivity index (χ4v) is 0.586. The third kappa shape index (κ3) is 2.57. The Hall–Kier alpha value is -1.71. The average Bonchev–Trinajstić information content (AvgIpc) is 2.07. The van der Waals surface area contributed by atoms with Gasteiger partial charge in [0.05, 0.1) is 11.9 Å². The molecule has 0 aliphatic rings. The van der Waals surface area contributed by atoms with Crippen molar-refractivity contribution in [3.8, 4) is 0 Å². The van der Waals surface area contributed by atoms with Gasteiger partial charge in [-0.15, -0.1) is 0 Å². The molecule has 0 aliphatic heterocycles. The van der Waals surface area contributed by atoms with E-state index in [4.69, 9.17) is 0 Å². The normalized spacial score (nSPS) is 9.82. The van der Waals surface area contributed by atoms with Gasteiger partial charge in [-0.2, -0.15) is 5.10 Å². The molecule has 0 bridgehead atoms. The lowest BCUT2D eigenvalue weighted by atomic mass is 10.4. The monoisotopic (exact) mass is 149 g/mol. The number of hydrogen-bond donors (Lipinski definition) is 1. The molecule has 0 unspecified atom stereocenters. The minimum absolute atomic E-state index is 0.499. The zero-order chi connectivity index (χ0) is 7.94. The lowest BCUT2D eigenvalue weighted by Gasteiger charge is -1.87. The Kier molecular flexibility index (Phi) is 2.80. The molecule has 1 heterocycles. The maximum absolute atomic E-state index is 9.75. The molecule has 0 saturated carbocycles. The second-order valence-corrected chi connectivity index (χ2v) is 1.76. The molecule has 56 valence electrons. The van der Waals surface area contributed by atoms with E-state index >= 15 is 0 Å². The van der Waals surface area contributed by atoms with Gasteiger partial charge in [-0.25, -0.2) is 5.43 Å². The van der Waals surface area contributed by atoms with Crippen LogP contribution in [0.1, 0.15) is 5.69 Å². The molecule has 1 aromatic rings. The molecule has 0 aliphatic carbocycles. The first-order valence-electron chi connectivity index (χ1n) is 3.07. The summed E-state index contributed by atoms with van der Waals surface area (Å²) in [5.41, 5.74) is 2.86. The molecule has 4 heteroatoms. The van der Waals surface area contributed by atoms with Crippen molar-refractivity contribution in [1.29, 1.82) is 0 Å². The third-order valence-corrected chi connectivity index (χ3v) is 1.01. The zero-order valence-corrected chi connectivity index (χ0v) is 5.77. The summed E-state index contributed by atoms with van der Waals surface area (Å²) in [6.45, 7) is 0.